The quantitative estimate of drug-likeness (QED) is 0.718. The normalized spacial score (nSPS) is 19.9. The number of nitrogens with zero attached hydrogens (tertiary/aromatic N) is 2. The highest BCUT2D eigenvalue weighted by atomic mass is 16.5. The summed E-state index contributed by atoms with van der Waals surface area (Å²) >= 11 is 0. The highest BCUT2D eigenvalue weighted by Crippen LogP contribution is 2.33. The minimum Gasteiger partial charge on any atom is -0.477 e. The fourth-order valence-corrected chi connectivity index (χ4v) is 4.28. The maximum absolute atomic E-state index is 12.9. The Labute approximate surface area is 178 Å². The Hall–Kier alpha value is -2.75. The Morgan fingerprint density at radius 3 is 2.60 bits per heavy atom. The van der Waals surface area contributed by atoms with Gasteiger partial charge in [0.05, 0.1) is 24.8 Å². The third-order valence-electron chi connectivity index (χ3n) is 6.12. The van der Waals surface area contributed by atoms with Crippen molar-refractivity contribution in [3.63, 3.8) is 0 Å². The van der Waals surface area contributed by atoms with Gasteiger partial charge < -0.3 is 20.3 Å². The van der Waals surface area contributed by atoms with E-state index in [1.807, 2.05) is 43.0 Å². The zero-order valence-electron chi connectivity index (χ0n) is 17.9. The first kappa shape index (κ1) is 21.9. The van der Waals surface area contributed by atoms with Crippen LogP contribution < -0.4 is 20.3 Å². The third kappa shape index (κ3) is 5.05. The minimum atomic E-state index is -0.770. The summed E-state index contributed by atoms with van der Waals surface area (Å²) in [6.07, 6.45) is 5.41. The summed E-state index contributed by atoms with van der Waals surface area (Å²) in [5, 5.41) is 15.7. The van der Waals surface area contributed by atoms with Gasteiger partial charge in [-0.1, -0.05) is 45.2 Å². The van der Waals surface area contributed by atoms with Crippen LogP contribution in [0.4, 0.5) is 5.69 Å². The number of benzene rings is 1. The van der Waals surface area contributed by atoms with Crippen molar-refractivity contribution in [3.8, 4) is 11.8 Å². The van der Waals surface area contributed by atoms with Crippen molar-refractivity contribution in [2.45, 2.75) is 76.5 Å². The summed E-state index contributed by atoms with van der Waals surface area (Å²) in [5.41, 5.74) is 0.0156. The van der Waals surface area contributed by atoms with Crippen molar-refractivity contribution in [1.29, 1.82) is 5.26 Å². The maximum atomic E-state index is 12.9. The van der Waals surface area contributed by atoms with E-state index in [1.54, 1.807) is 0 Å². The molecule has 1 aliphatic heterocycles. The first-order chi connectivity index (χ1) is 14.5. The topological polar surface area (TPSA) is 94.5 Å². The molecule has 0 spiro atoms. The van der Waals surface area contributed by atoms with Crippen molar-refractivity contribution < 1.29 is 14.3 Å². The number of para-hydroxylation sites is 2. The Kier molecular flexibility index (Phi) is 7.20. The number of nitriles is 1. The third-order valence-corrected chi connectivity index (χ3v) is 6.12. The molecular formula is C23H32N4O3. The van der Waals surface area contributed by atoms with Crippen LogP contribution in [0.5, 0.6) is 5.75 Å². The van der Waals surface area contributed by atoms with E-state index in [4.69, 9.17) is 4.74 Å². The number of ether oxygens (including phenoxy) is 1. The molecule has 2 amide bonds. The van der Waals surface area contributed by atoms with Crippen LogP contribution in [-0.2, 0) is 9.59 Å². The predicted octanol–water partition coefficient (Wildman–Crippen LogP) is 2.90. The van der Waals surface area contributed by atoms with Crippen LogP contribution in [0.1, 0.15) is 58.8 Å². The molecule has 7 nitrogen and oxygen atoms in total. The second-order valence-electron chi connectivity index (χ2n) is 8.28. The molecule has 0 bridgehead atoms. The Morgan fingerprint density at radius 1 is 1.23 bits per heavy atom. The lowest BCUT2D eigenvalue weighted by Gasteiger charge is -2.37. The molecule has 0 radical (unpaired) electrons. The summed E-state index contributed by atoms with van der Waals surface area (Å²) in [7, 11) is 0. The largest absolute Gasteiger partial charge is 0.477 e. The van der Waals surface area contributed by atoms with E-state index in [-0.39, 0.29) is 30.9 Å². The molecule has 1 heterocycles. The summed E-state index contributed by atoms with van der Waals surface area (Å²) in [6, 6.07) is 9.87. The lowest BCUT2D eigenvalue weighted by Crippen LogP contribution is -2.55. The molecule has 0 saturated heterocycles. The van der Waals surface area contributed by atoms with Crippen LogP contribution in [0.3, 0.4) is 0 Å². The fraction of sp³-hybridized carbons (Fsp3) is 0.609. The Balaban J connectivity index is 1.72. The number of nitrogens with one attached hydrogen (secondary N) is 2. The number of hydrogen-bond donors (Lipinski definition) is 2. The van der Waals surface area contributed by atoms with E-state index in [1.165, 1.54) is 0 Å². The van der Waals surface area contributed by atoms with Gasteiger partial charge in [0.2, 0.25) is 5.91 Å². The van der Waals surface area contributed by atoms with Gasteiger partial charge in [0, 0.05) is 6.04 Å². The van der Waals surface area contributed by atoms with Gasteiger partial charge in [0.25, 0.3) is 5.91 Å². The van der Waals surface area contributed by atoms with Crippen molar-refractivity contribution in [1.82, 2.24) is 10.6 Å². The molecule has 1 saturated carbocycles. The summed E-state index contributed by atoms with van der Waals surface area (Å²) in [5.74, 6) is 0.229. The smallest absolute Gasteiger partial charge is 0.263 e. The first-order valence-corrected chi connectivity index (χ1v) is 11.0. The van der Waals surface area contributed by atoms with Crippen molar-refractivity contribution in [3.05, 3.63) is 24.3 Å². The standard InChI is InChI=1S/C23H32N4O3/c1-3-17(4-2)25-22(29)20-14-27(18-10-6-7-11-19(18)30-20)15-21(28)26-23(16-24)12-8-5-9-13-23/h6-7,10-11,17,20H,3-5,8-9,12-15H2,1-2H3,(H,25,29)(H,26,28). The van der Waals surface area contributed by atoms with Crippen LogP contribution in [0.25, 0.3) is 0 Å². The van der Waals surface area contributed by atoms with Gasteiger partial charge in [-0.25, -0.2) is 0 Å². The van der Waals surface area contributed by atoms with Crippen LogP contribution in [-0.4, -0.2) is 42.6 Å². The molecule has 1 atom stereocenters. The summed E-state index contributed by atoms with van der Waals surface area (Å²) in [6.45, 7) is 4.45. The summed E-state index contributed by atoms with van der Waals surface area (Å²) in [4.78, 5) is 27.5. The van der Waals surface area contributed by atoms with Crippen LogP contribution in [0, 0.1) is 11.3 Å². The van der Waals surface area contributed by atoms with Crippen molar-refractivity contribution >= 4 is 17.5 Å². The predicted molar refractivity (Wildman–Crippen MR) is 115 cm³/mol. The van der Waals surface area contributed by atoms with Crippen molar-refractivity contribution in [2.24, 2.45) is 0 Å². The minimum absolute atomic E-state index is 0.0819. The van der Waals surface area contributed by atoms with Gasteiger partial charge in [-0.3, -0.25) is 9.59 Å². The van der Waals surface area contributed by atoms with Gasteiger partial charge in [-0.15, -0.1) is 0 Å². The van der Waals surface area contributed by atoms with E-state index in [0.29, 0.717) is 18.6 Å². The van der Waals surface area contributed by atoms with E-state index < -0.39 is 11.6 Å². The first-order valence-electron chi connectivity index (χ1n) is 11.0. The highest BCUT2D eigenvalue weighted by Gasteiger charge is 2.36. The second-order valence-corrected chi connectivity index (χ2v) is 8.28. The van der Waals surface area contributed by atoms with Crippen molar-refractivity contribution in [2.75, 3.05) is 18.0 Å². The number of carbonyl (C=O) groups is 2. The number of hydrogen-bond acceptors (Lipinski definition) is 5. The molecule has 7 heteroatoms. The van der Waals surface area contributed by atoms with E-state index in [2.05, 4.69) is 16.7 Å². The lowest BCUT2D eigenvalue weighted by atomic mass is 9.83. The molecule has 30 heavy (non-hydrogen) atoms. The van der Waals surface area contributed by atoms with Crippen LogP contribution in [0.2, 0.25) is 0 Å². The fourth-order valence-electron chi connectivity index (χ4n) is 4.28. The highest BCUT2D eigenvalue weighted by molar-refractivity contribution is 5.86. The van der Waals surface area contributed by atoms with Crippen LogP contribution >= 0.6 is 0 Å². The molecule has 2 N–H and O–H groups in total. The summed E-state index contributed by atoms with van der Waals surface area (Å²) < 4.78 is 5.95. The monoisotopic (exact) mass is 412 g/mol. The number of anilines is 1. The molecule has 0 aromatic heterocycles. The zero-order valence-corrected chi connectivity index (χ0v) is 17.9. The Morgan fingerprint density at radius 2 is 1.93 bits per heavy atom. The van der Waals surface area contributed by atoms with Crippen LogP contribution in [0.15, 0.2) is 24.3 Å². The Bertz CT molecular complexity index is 794. The molecule has 1 aromatic carbocycles. The van der Waals surface area contributed by atoms with Gasteiger partial charge in [0.15, 0.2) is 6.10 Å². The number of carbonyl (C=O) groups excluding carboxylic acids is 2. The number of amides is 2. The number of rotatable bonds is 7. The molecule has 162 valence electrons. The molecule has 1 fully saturated rings. The zero-order chi connectivity index (χ0) is 21.6. The molecule has 3 rings (SSSR count). The van der Waals surface area contributed by atoms with Gasteiger partial charge in [-0.05, 0) is 37.8 Å². The number of fused-ring (bicyclic) bond motifs is 1. The van der Waals surface area contributed by atoms with E-state index in [9.17, 15) is 14.9 Å². The van der Waals surface area contributed by atoms with Gasteiger partial charge >= 0.3 is 0 Å². The molecule has 1 aliphatic carbocycles. The van der Waals surface area contributed by atoms with Gasteiger partial charge in [0.1, 0.15) is 11.3 Å². The SMILES string of the molecule is CCC(CC)NC(=O)C1CN(CC(=O)NC2(C#N)CCCCC2)c2ccccc2O1. The van der Waals surface area contributed by atoms with E-state index >= 15 is 0 Å². The molecule has 1 aromatic rings. The maximum Gasteiger partial charge on any atom is 0.263 e. The average molecular weight is 413 g/mol. The molecule has 1 unspecified atom stereocenters. The second kappa shape index (κ2) is 9.84. The van der Waals surface area contributed by atoms with Gasteiger partial charge in [-0.2, -0.15) is 5.26 Å². The lowest BCUT2D eigenvalue weighted by molar-refractivity contribution is -0.129. The van der Waals surface area contributed by atoms with E-state index in [0.717, 1.165) is 37.8 Å². The average Bonchev–Trinajstić information content (AvgIpc) is 2.77. The molecular weight excluding hydrogens is 380 g/mol. The molecule has 2 aliphatic rings.